The minimum atomic E-state index is -0.410. The summed E-state index contributed by atoms with van der Waals surface area (Å²) >= 11 is 17.1. The number of carbonyl (C=O) groups is 1. The first kappa shape index (κ1) is 16.6. The van der Waals surface area contributed by atoms with Crippen molar-refractivity contribution in [2.45, 2.75) is 0 Å². The predicted octanol–water partition coefficient (Wildman–Crippen LogP) is 4.67. The van der Waals surface area contributed by atoms with Gasteiger partial charge in [-0.3, -0.25) is 15.1 Å². The molecule has 3 aromatic rings. The third-order valence-electron chi connectivity index (χ3n) is 3.30. The van der Waals surface area contributed by atoms with Gasteiger partial charge in [0.1, 0.15) is 0 Å². The van der Waals surface area contributed by atoms with Crippen molar-refractivity contribution in [3.05, 3.63) is 70.3 Å². The number of pyridine rings is 1. The number of nitrogens with zero attached hydrogens (tertiary/aromatic N) is 1. The van der Waals surface area contributed by atoms with E-state index in [9.17, 15) is 4.79 Å². The van der Waals surface area contributed by atoms with E-state index >= 15 is 0 Å². The number of thiocarbonyl (C=S) groups is 1. The fraction of sp³-hybridized carbons (Fsp3) is 0. The SMILES string of the molecule is O=C(NC(=S)Nc1cccc2ncccc12)c1ccc(Cl)cc1Cl. The van der Waals surface area contributed by atoms with E-state index in [1.54, 1.807) is 18.3 Å². The Labute approximate surface area is 153 Å². The molecular formula is C17H11Cl2N3OS. The van der Waals surface area contributed by atoms with Gasteiger partial charge in [0.05, 0.1) is 16.1 Å². The first-order valence-electron chi connectivity index (χ1n) is 6.96. The lowest BCUT2D eigenvalue weighted by Crippen LogP contribution is -2.34. The molecule has 0 aliphatic heterocycles. The van der Waals surface area contributed by atoms with Gasteiger partial charge in [0, 0.05) is 22.3 Å². The topological polar surface area (TPSA) is 54.0 Å². The Bertz CT molecular complexity index is 941. The summed E-state index contributed by atoms with van der Waals surface area (Å²) in [5.74, 6) is -0.410. The largest absolute Gasteiger partial charge is 0.332 e. The van der Waals surface area contributed by atoms with Crippen LogP contribution in [0.25, 0.3) is 10.9 Å². The second-order valence-electron chi connectivity index (χ2n) is 4.91. The van der Waals surface area contributed by atoms with Crippen LogP contribution >= 0.6 is 35.4 Å². The van der Waals surface area contributed by atoms with E-state index in [0.717, 1.165) is 16.6 Å². The number of carbonyl (C=O) groups excluding carboxylic acids is 1. The highest BCUT2D eigenvalue weighted by molar-refractivity contribution is 7.80. The summed E-state index contributed by atoms with van der Waals surface area (Å²) in [7, 11) is 0. The fourth-order valence-corrected chi connectivity index (χ4v) is 2.91. The number of nitrogens with one attached hydrogen (secondary N) is 2. The molecule has 7 heteroatoms. The number of hydrogen-bond acceptors (Lipinski definition) is 3. The molecule has 120 valence electrons. The molecule has 0 atom stereocenters. The highest BCUT2D eigenvalue weighted by Gasteiger charge is 2.13. The van der Waals surface area contributed by atoms with Crippen molar-refractivity contribution in [1.82, 2.24) is 10.3 Å². The molecule has 0 radical (unpaired) electrons. The van der Waals surface area contributed by atoms with E-state index in [-0.39, 0.29) is 10.1 Å². The Morgan fingerprint density at radius 1 is 1.08 bits per heavy atom. The maximum Gasteiger partial charge on any atom is 0.258 e. The highest BCUT2D eigenvalue weighted by Crippen LogP contribution is 2.22. The van der Waals surface area contributed by atoms with Crippen molar-refractivity contribution in [3.8, 4) is 0 Å². The van der Waals surface area contributed by atoms with E-state index in [0.29, 0.717) is 10.6 Å². The molecule has 0 unspecified atom stereocenters. The zero-order chi connectivity index (χ0) is 17.1. The number of fused-ring (bicyclic) bond motifs is 1. The zero-order valence-electron chi connectivity index (χ0n) is 12.2. The average Bonchev–Trinajstić information content (AvgIpc) is 2.55. The minimum absolute atomic E-state index is 0.169. The molecule has 0 aliphatic rings. The number of aromatic nitrogens is 1. The molecular weight excluding hydrogens is 365 g/mol. The van der Waals surface area contributed by atoms with Gasteiger partial charge in [-0.1, -0.05) is 29.3 Å². The first-order valence-corrected chi connectivity index (χ1v) is 8.12. The van der Waals surface area contributed by atoms with Gasteiger partial charge in [-0.15, -0.1) is 0 Å². The van der Waals surface area contributed by atoms with Gasteiger partial charge in [0.15, 0.2) is 5.11 Å². The van der Waals surface area contributed by atoms with Gasteiger partial charge in [0.25, 0.3) is 5.91 Å². The summed E-state index contributed by atoms with van der Waals surface area (Å²) in [6, 6.07) is 14.0. The molecule has 1 heterocycles. The van der Waals surface area contributed by atoms with Crippen molar-refractivity contribution in [3.63, 3.8) is 0 Å². The lowest BCUT2D eigenvalue weighted by molar-refractivity contribution is 0.0978. The maximum absolute atomic E-state index is 12.3. The Hall–Kier alpha value is -2.21. The smallest absolute Gasteiger partial charge is 0.258 e. The molecule has 24 heavy (non-hydrogen) atoms. The van der Waals surface area contributed by atoms with Crippen molar-refractivity contribution in [2.75, 3.05) is 5.32 Å². The van der Waals surface area contributed by atoms with Crippen LogP contribution in [0.3, 0.4) is 0 Å². The van der Waals surface area contributed by atoms with Crippen LogP contribution in [0, 0.1) is 0 Å². The van der Waals surface area contributed by atoms with Crippen LogP contribution in [0.4, 0.5) is 5.69 Å². The van der Waals surface area contributed by atoms with E-state index in [2.05, 4.69) is 15.6 Å². The van der Waals surface area contributed by atoms with Crippen molar-refractivity contribution >= 4 is 63.0 Å². The zero-order valence-corrected chi connectivity index (χ0v) is 14.5. The summed E-state index contributed by atoms with van der Waals surface area (Å²) < 4.78 is 0. The third kappa shape index (κ3) is 3.64. The van der Waals surface area contributed by atoms with Gasteiger partial charge < -0.3 is 5.32 Å². The summed E-state index contributed by atoms with van der Waals surface area (Å²) in [6.07, 6.45) is 1.72. The molecule has 0 spiro atoms. The standard InChI is InChI=1S/C17H11Cl2N3OS/c18-10-6-7-11(13(19)9-10)16(23)22-17(24)21-15-5-1-4-14-12(15)3-2-8-20-14/h1-9H,(H2,21,22,23,24). The Morgan fingerprint density at radius 3 is 2.71 bits per heavy atom. The van der Waals surface area contributed by atoms with Gasteiger partial charge in [-0.05, 0) is 54.7 Å². The lowest BCUT2D eigenvalue weighted by Gasteiger charge is -2.12. The maximum atomic E-state index is 12.3. The molecule has 2 N–H and O–H groups in total. The minimum Gasteiger partial charge on any atom is -0.332 e. The van der Waals surface area contributed by atoms with Gasteiger partial charge in [-0.2, -0.15) is 0 Å². The van der Waals surface area contributed by atoms with Crippen LogP contribution in [0.1, 0.15) is 10.4 Å². The monoisotopic (exact) mass is 375 g/mol. The summed E-state index contributed by atoms with van der Waals surface area (Å²) in [4.78, 5) is 16.5. The van der Waals surface area contributed by atoms with Gasteiger partial charge >= 0.3 is 0 Å². The van der Waals surface area contributed by atoms with Crippen molar-refractivity contribution in [1.29, 1.82) is 0 Å². The molecule has 0 aliphatic carbocycles. The van der Waals surface area contributed by atoms with Gasteiger partial charge in [-0.25, -0.2) is 0 Å². The molecule has 0 bridgehead atoms. The number of benzene rings is 2. The predicted molar refractivity (Wildman–Crippen MR) is 102 cm³/mol. The average molecular weight is 376 g/mol. The van der Waals surface area contributed by atoms with Crippen LogP contribution in [0.15, 0.2) is 54.7 Å². The number of amides is 1. The van der Waals surface area contributed by atoms with Crippen LogP contribution in [0.2, 0.25) is 10.0 Å². The summed E-state index contributed by atoms with van der Waals surface area (Å²) in [5, 5.41) is 7.40. The molecule has 0 saturated heterocycles. The number of rotatable bonds is 2. The second kappa shape index (κ2) is 7.13. The van der Waals surface area contributed by atoms with Crippen molar-refractivity contribution < 1.29 is 4.79 Å². The van der Waals surface area contributed by atoms with E-state index < -0.39 is 5.91 Å². The lowest BCUT2D eigenvalue weighted by atomic mass is 10.2. The number of halogens is 2. The summed E-state index contributed by atoms with van der Waals surface area (Å²) in [6.45, 7) is 0. The third-order valence-corrected chi connectivity index (χ3v) is 4.05. The molecule has 4 nitrogen and oxygen atoms in total. The van der Waals surface area contributed by atoms with E-state index in [4.69, 9.17) is 35.4 Å². The molecule has 1 aromatic heterocycles. The number of anilines is 1. The van der Waals surface area contributed by atoms with Crippen LogP contribution in [-0.4, -0.2) is 16.0 Å². The normalized spacial score (nSPS) is 10.4. The highest BCUT2D eigenvalue weighted by atomic mass is 35.5. The van der Waals surface area contributed by atoms with Crippen LogP contribution < -0.4 is 10.6 Å². The van der Waals surface area contributed by atoms with E-state index in [1.165, 1.54) is 6.07 Å². The molecule has 0 fully saturated rings. The first-order chi connectivity index (χ1) is 11.5. The second-order valence-corrected chi connectivity index (χ2v) is 6.16. The fourth-order valence-electron chi connectivity index (χ4n) is 2.21. The summed E-state index contributed by atoms with van der Waals surface area (Å²) in [5.41, 5.74) is 1.88. The quantitative estimate of drug-likeness (QED) is 0.639. The Kier molecular flexibility index (Phi) is 4.94. The molecule has 3 rings (SSSR count). The number of hydrogen-bond donors (Lipinski definition) is 2. The Balaban J connectivity index is 1.76. The van der Waals surface area contributed by atoms with Crippen LogP contribution in [-0.2, 0) is 0 Å². The van der Waals surface area contributed by atoms with Gasteiger partial charge in [0.2, 0.25) is 0 Å². The van der Waals surface area contributed by atoms with Crippen molar-refractivity contribution in [2.24, 2.45) is 0 Å². The van der Waals surface area contributed by atoms with Crippen LogP contribution in [0.5, 0.6) is 0 Å². The molecule has 2 aromatic carbocycles. The Morgan fingerprint density at radius 2 is 1.92 bits per heavy atom. The molecule has 0 saturated carbocycles. The molecule has 1 amide bonds. The van der Waals surface area contributed by atoms with E-state index in [1.807, 2.05) is 30.3 Å².